The minimum Gasteiger partial charge on any atom is -0.312 e. The van der Waals surface area contributed by atoms with Crippen LogP contribution in [0.25, 0.3) is 0 Å². The Morgan fingerprint density at radius 1 is 0.926 bits per heavy atom. The number of rotatable bonds is 4. The van der Waals surface area contributed by atoms with Crippen molar-refractivity contribution in [3.8, 4) is 0 Å². The van der Waals surface area contributed by atoms with Crippen LogP contribution < -0.4 is 4.90 Å². The van der Waals surface area contributed by atoms with Gasteiger partial charge in [0, 0.05) is 30.7 Å². The largest absolute Gasteiger partial charge is 0.332 e. The summed E-state index contributed by atoms with van der Waals surface area (Å²) >= 11 is 6.26. The quantitative estimate of drug-likeness (QED) is 0.755. The van der Waals surface area contributed by atoms with Crippen LogP contribution in [0.4, 0.5) is 10.5 Å². The number of benzene rings is 2. The average Bonchev–Trinajstić information content (AvgIpc) is 2.99. The lowest BCUT2D eigenvalue weighted by molar-refractivity contribution is -0.116. The highest BCUT2D eigenvalue weighted by atomic mass is 35.5. The Balaban J connectivity index is 1.38. The lowest BCUT2D eigenvalue weighted by Crippen LogP contribution is -2.46. The van der Waals surface area contributed by atoms with Gasteiger partial charge in [-0.25, -0.2) is 9.69 Å². The van der Waals surface area contributed by atoms with Crippen molar-refractivity contribution in [3.05, 3.63) is 65.2 Å². The second-order valence-electron chi connectivity index (χ2n) is 7.07. The number of carbonyl (C=O) groups is 2. The molecule has 0 bridgehead atoms. The zero-order valence-corrected chi connectivity index (χ0v) is 15.8. The van der Waals surface area contributed by atoms with Crippen LogP contribution in [0, 0.1) is 0 Å². The number of urea groups is 1. The predicted molar refractivity (Wildman–Crippen MR) is 106 cm³/mol. The molecule has 2 aliphatic heterocycles. The van der Waals surface area contributed by atoms with Gasteiger partial charge in [-0.05, 0) is 36.6 Å². The molecule has 2 heterocycles. The van der Waals surface area contributed by atoms with Crippen molar-refractivity contribution in [2.24, 2.45) is 0 Å². The van der Waals surface area contributed by atoms with E-state index in [1.807, 2.05) is 36.4 Å². The summed E-state index contributed by atoms with van der Waals surface area (Å²) < 4.78 is 0. The first-order valence-electron chi connectivity index (χ1n) is 9.28. The Bertz CT molecular complexity index is 834. The first-order valence-corrected chi connectivity index (χ1v) is 9.65. The number of anilines is 1. The number of hydrogen-bond donors (Lipinski definition) is 0. The van der Waals surface area contributed by atoms with Gasteiger partial charge in [-0.15, -0.1) is 0 Å². The van der Waals surface area contributed by atoms with Crippen molar-refractivity contribution >= 4 is 29.2 Å². The number of hydrogen-bond acceptors (Lipinski definition) is 3. The van der Waals surface area contributed by atoms with Crippen molar-refractivity contribution in [1.29, 1.82) is 0 Å². The Hall–Kier alpha value is -2.37. The molecular formula is C21H22ClN3O2. The van der Waals surface area contributed by atoms with E-state index in [9.17, 15) is 9.59 Å². The van der Waals surface area contributed by atoms with Crippen molar-refractivity contribution in [1.82, 2.24) is 9.80 Å². The molecule has 2 aromatic carbocycles. The third kappa shape index (κ3) is 3.70. The maximum absolute atomic E-state index is 12.8. The van der Waals surface area contributed by atoms with Gasteiger partial charge in [0.05, 0.1) is 5.69 Å². The van der Waals surface area contributed by atoms with E-state index >= 15 is 0 Å². The summed E-state index contributed by atoms with van der Waals surface area (Å²) in [4.78, 5) is 30.6. The predicted octanol–water partition coefficient (Wildman–Crippen LogP) is 3.77. The molecule has 2 aliphatic rings. The van der Waals surface area contributed by atoms with Gasteiger partial charge in [-0.3, -0.25) is 9.69 Å². The van der Waals surface area contributed by atoms with Crippen molar-refractivity contribution in [2.75, 3.05) is 24.5 Å². The Kier molecular flexibility index (Phi) is 5.14. The van der Waals surface area contributed by atoms with E-state index in [2.05, 4.69) is 11.0 Å². The van der Waals surface area contributed by atoms with Crippen LogP contribution in [-0.4, -0.2) is 47.4 Å². The van der Waals surface area contributed by atoms with E-state index in [4.69, 9.17) is 11.6 Å². The number of likely N-dealkylation sites (tertiary alicyclic amines) is 1. The number of para-hydroxylation sites is 1. The molecule has 140 valence electrons. The molecule has 2 aromatic rings. The number of imide groups is 1. The lowest BCUT2D eigenvalue weighted by Gasteiger charge is -2.36. The highest BCUT2D eigenvalue weighted by Gasteiger charge is 2.41. The molecule has 0 N–H and O–H groups in total. The number of halogens is 1. The zero-order chi connectivity index (χ0) is 18.8. The fourth-order valence-electron chi connectivity index (χ4n) is 3.89. The van der Waals surface area contributed by atoms with Gasteiger partial charge in [-0.2, -0.15) is 0 Å². The summed E-state index contributed by atoms with van der Waals surface area (Å²) in [5, 5.41) is 0.790. The summed E-state index contributed by atoms with van der Waals surface area (Å²) in [7, 11) is 0. The first-order chi connectivity index (χ1) is 13.1. The SMILES string of the molecule is O=C1CN(C2CCN(Cc3ccccc3Cl)CC2)C(=O)N1c1ccccc1. The maximum atomic E-state index is 12.8. The molecule has 0 unspecified atom stereocenters. The van der Waals surface area contributed by atoms with Crippen LogP contribution >= 0.6 is 11.6 Å². The second-order valence-corrected chi connectivity index (χ2v) is 7.48. The molecule has 0 spiro atoms. The van der Waals surface area contributed by atoms with E-state index in [0.29, 0.717) is 5.69 Å². The van der Waals surface area contributed by atoms with Crippen molar-refractivity contribution in [3.63, 3.8) is 0 Å². The molecule has 27 heavy (non-hydrogen) atoms. The first kappa shape index (κ1) is 18.0. The van der Waals surface area contributed by atoms with Gasteiger partial charge in [0.15, 0.2) is 0 Å². The summed E-state index contributed by atoms with van der Waals surface area (Å²) in [6, 6.07) is 17.0. The van der Waals surface area contributed by atoms with Crippen molar-refractivity contribution in [2.45, 2.75) is 25.4 Å². The molecule has 0 saturated carbocycles. The van der Waals surface area contributed by atoms with Crippen LogP contribution in [0.2, 0.25) is 5.02 Å². The van der Waals surface area contributed by atoms with Gasteiger partial charge in [0.25, 0.3) is 5.91 Å². The van der Waals surface area contributed by atoms with Gasteiger partial charge in [0.1, 0.15) is 6.54 Å². The second kappa shape index (κ2) is 7.71. The molecule has 0 aliphatic carbocycles. The summed E-state index contributed by atoms with van der Waals surface area (Å²) in [5.74, 6) is -0.148. The Labute approximate surface area is 164 Å². The molecule has 2 saturated heterocycles. The minimum atomic E-state index is -0.198. The number of amides is 3. The number of nitrogens with zero attached hydrogens (tertiary/aromatic N) is 3. The van der Waals surface area contributed by atoms with Crippen LogP contribution in [0.3, 0.4) is 0 Å². The molecular weight excluding hydrogens is 362 g/mol. The van der Waals surface area contributed by atoms with E-state index in [-0.39, 0.29) is 24.5 Å². The van der Waals surface area contributed by atoms with Crippen molar-refractivity contribution < 1.29 is 9.59 Å². The lowest BCUT2D eigenvalue weighted by atomic mass is 10.0. The van der Waals surface area contributed by atoms with Gasteiger partial charge in [0.2, 0.25) is 0 Å². The molecule has 6 heteroatoms. The smallest absolute Gasteiger partial charge is 0.312 e. The van der Waals surface area contributed by atoms with Gasteiger partial charge < -0.3 is 4.90 Å². The molecule has 0 radical (unpaired) electrons. The Morgan fingerprint density at radius 2 is 1.59 bits per heavy atom. The zero-order valence-electron chi connectivity index (χ0n) is 15.1. The van der Waals surface area contributed by atoms with Crippen LogP contribution in [0.15, 0.2) is 54.6 Å². The van der Waals surface area contributed by atoms with E-state index in [1.54, 1.807) is 17.0 Å². The average molecular weight is 384 g/mol. The fraction of sp³-hybridized carbons (Fsp3) is 0.333. The molecule has 3 amide bonds. The monoisotopic (exact) mass is 383 g/mol. The topological polar surface area (TPSA) is 43.9 Å². The Morgan fingerprint density at radius 3 is 2.30 bits per heavy atom. The highest BCUT2D eigenvalue weighted by molar-refractivity contribution is 6.31. The summed E-state index contributed by atoms with van der Waals surface area (Å²) in [6.45, 7) is 2.76. The maximum Gasteiger partial charge on any atom is 0.332 e. The van der Waals surface area contributed by atoms with E-state index in [0.717, 1.165) is 43.1 Å². The molecule has 4 rings (SSSR count). The highest BCUT2D eigenvalue weighted by Crippen LogP contribution is 2.27. The minimum absolute atomic E-state index is 0.109. The number of piperidine rings is 1. The van der Waals surface area contributed by atoms with Gasteiger partial charge in [-0.1, -0.05) is 48.0 Å². The summed E-state index contributed by atoms with van der Waals surface area (Å²) in [5.41, 5.74) is 1.77. The molecule has 0 aromatic heterocycles. The fourth-order valence-corrected chi connectivity index (χ4v) is 4.09. The van der Waals surface area contributed by atoms with Gasteiger partial charge >= 0.3 is 6.03 Å². The van der Waals surface area contributed by atoms with E-state index < -0.39 is 0 Å². The van der Waals surface area contributed by atoms with Crippen LogP contribution in [0.1, 0.15) is 18.4 Å². The van der Waals surface area contributed by atoms with Crippen LogP contribution in [-0.2, 0) is 11.3 Å². The molecule has 5 nitrogen and oxygen atoms in total. The standard InChI is InChI=1S/C21H22ClN3O2/c22-19-9-5-4-6-16(19)14-23-12-10-17(11-13-23)24-15-20(26)25(21(24)27)18-7-2-1-3-8-18/h1-9,17H,10-15H2. The third-order valence-corrected chi connectivity index (χ3v) is 5.72. The normalized spacial score (nSPS) is 19.1. The molecule has 0 atom stereocenters. The third-order valence-electron chi connectivity index (χ3n) is 5.36. The summed E-state index contributed by atoms with van der Waals surface area (Å²) in [6.07, 6.45) is 1.73. The van der Waals surface area contributed by atoms with Crippen LogP contribution in [0.5, 0.6) is 0 Å². The number of carbonyl (C=O) groups excluding carboxylic acids is 2. The molecule has 2 fully saturated rings. The van der Waals surface area contributed by atoms with E-state index in [1.165, 1.54) is 4.90 Å².